The largest absolute Gasteiger partial charge is 2.00 e. The Kier molecular flexibility index (Phi) is 51.7. The Balaban J connectivity index is -0.00000000300. The van der Waals surface area contributed by atoms with E-state index < -0.39 is 5.97 Å². The van der Waals surface area contributed by atoms with Crippen molar-refractivity contribution in [2.24, 2.45) is 0 Å². The molecule has 0 bridgehead atoms. The van der Waals surface area contributed by atoms with Gasteiger partial charge in [0.15, 0.2) is 0 Å². The van der Waals surface area contributed by atoms with Crippen LogP contribution >= 0.6 is 0 Å². The topological polar surface area (TPSA) is 37.3 Å². The monoisotopic (exact) mass is 174 g/mol. The van der Waals surface area contributed by atoms with Crippen LogP contribution in [0.15, 0.2) is 0 Å². The van der Waals surface area contributed by atoms with Crippen molar-refractivity contribution in [1.82, 2.24) is 0 Å². The Bertz CT molecular complexity index is 47.5. The van der Waals surface area contributed by atoms with Crippen LogP contribution in [0.25, 0.3) is 0 Å². The number of carbonyl (C=O) groups is 1. The third-order valence-electron chi connectivity index (χ3n) is 0. The van der Waals surface area contributed by atoms with Crippen molar-refractivity contribution >= 4 is 43.7 Å². The van der Waals surface area contributed by atoms with Crippen LogP contribution in [0, 0.1) is 0 Å². The van der Waals surface area contributed by atoms with E-state index in [0.717, 1.165) is 6.92 Å². The first-order valence-corrected chi connectivity index (χ1v) is 0.928. The molecule has 0 aliphatic rings. The minimum atomic E-state index is -0.833. The van der Waals surface area contributed by atoms with Gasteiger partial charge >= 0.3 is 56.6 Å². The summed E-state index contributed by atoms with van der Waals surface area (Å²) >= 11 is 0. The summed E-state index contributed by atoms with van der Waals surface area (Å²) in [7, 11) is 0. The number of aliphatic carboxylic acids is 1. The minimum absolute atomic E-state index is 0. The molecule has 0 aliphatic heterocycles. The zero-order valence-electron chi connectivity index (χ0n) is 7.77. The molecule has 0 amide bonds. The van der Waals surface area contributed by atoms with Gasteiger partial charge in [-0.15, -0.1) is 0 Å². The maximum Gasteiger partial charge on any atom is 2.00 e. The summed E-state index contributed by atoms with van der Waals surface area (Å²) in [6, 6.07) is 0. The fourth-order valence-electron chi connectivity index (χ4n) is 0. The molecule has 0 fully saturated rings. The SMILES string of the molecule is CC(=O)O.[Ca+2].[H-].[H-].[H-].[Li+].[Zn]. The molecular formula is C2H7CaLiO2Zn. The quantitative estimate of drug-likeness (QED) is 0.400. The zero-order chi connectivity index (χ0) is 3.58. The Morgan fingerprint density at radius 3 is 1.71 bits per heavy atom. The molecule has 5 heteroatoms. The first kappa shape index (κ1) is 23.1. The molecule has 0 spiro atoms. The van der Waals surface area contributed by atoms with Crippen molar-refractivity contribution in [3.63, 3.8) is 0 Å². The molecule has 0 aliphatic carbocycles. The van der Waals surface area contributed by atoms with Crippen molar-refractivity contribution in [2.45, 2.75) is 6.92 Å². The summed E-state index contributed by atoms with van der Waals surface area (Å²) in [6.45, 7) is 1.08. The molecule has 0 aromatic rings. The van der Waals surface area contributed by atoms with Gasteiger partial charge in [0, 0.05) is 26.4 Å². The molecule has 0 aromatic heterocycles. The third kappa shape index (κ3) is 74.0. The van der Waals surface area contributed by atoms with E-state index >= 15 is 0 Å². The molecule has 0 radical (unpaired) electrons. The van der Waals surface area contributed by atoms with E-state index in [4.69, 9.17) is 9.90 Å². The van der Waals surface area contributed by atoms with E-state index in [-0.39, 0.29) is 80.4 Å². The van der Waals surface area contributed by atoms with Crippen LogP contribution in [-0.4, -0.2) is 48.8 Å². The molecule has 7 heavy (non-hydrogen) atoms. The van der Waals surface area contributed by atoms with Gasteiger partial charge in [0.25, 0.3) is 5.97 Å². The number of hydrogen-bond acceptors (Lipinski definition) is 1. The summed E-state index contributed by atoms with van der Waals surface area (Å²) in [4.78, 5) is 9.00. The number of rotatable bonds is 0. The summed E-state index contributed by atoms with van der Waals surface area (Å²) in [5.41, 5.74) is 0. The maximum absolute atomic E-state index is 9.00. The molecule has 0 saturated heterocycles. The first-order chi connectivity index (χ1) is 1.73. The normalized spacial score (nSPS) is 3.57. The van der Waals surface area contributed by atoms with Crippen LogP contribution in [-0.2, 0) is 24.3 Å². The predicted molar refractivity (Wildman–Crippen MR) is 22.4 cm³/mol. The summed E-state index contributed by atoms with van der Waals surface area (Å²) in [5.74, 6) is -0.833. The van der Waals surface area contributed by atoms with Gasteiger partial charge in [-0.3, -0.25) is 4.79 Å². The summed E-state index contributed by atoms with van der Waals surface area (Å²) in [6.07, 6.45) is 0. The minimum Gasteiger partial charge on any atom is -1.00 e. The van der Waals surface area contributed by atoms with Crippen LogP contribution in [0.2, 0.25) is 0 Å². The molecule has 1 N–H and O–H groups in total. The van der Waals surface area contributed by atoms with E-state index in [1.54, 1.807) is 0 Å². The Morgan fingerprint density at radius 2 is 1.71 bits per heavy atom. The molecule has 0 rings (SSSR count). The van der Waals surface area contributed by atoms with Gasteiger partial charge in [-0.25, -0.2) is 0 Å². The molecule has 0 heterocycles. The Hall–Kier alpha value is 1.95. The fourth-order valence-corrected chi connectivity index (χ4v) is 0. The van der Waals surface area contributed by atoms with Gasteiger partial charge < -0.3 is 9.39 Å². The standard InChI is InChI=1S/C2H4O2.Ca.Li.Zn.3H/c1-2(3)4;;;;;;/h1H3,(H,3,4);;;;;;/q;+2;+1;;3*-1. The van der Waals surface area contributed by atoms with Crippen LogP contribution in [0.5, 0.6) is 0 Å². The number of hydrogen-bond donors (Lipinski definition) is 1. The molecular weight excluding hydrogens is 168 g/mol. The molecule has 0 unspecified atom stereocenters. The van der Waals surface area contributed by atoms with E-state index in [2.05, 4.69) is 0 Å². The van der Waals surface area contributed by atoms with E-state index in [1.165, 1.54) is 0 Å². The van der Waals surface area contributed by atoms with Crippen molar-refractivity contribution in [2.75, 3.05) is 0 Å². The maximum atomic E-state index is 9.00. The second-order valence-corrected chi connectivity index (χ2v) is 0.519. The third-order valence-corrected chi connectivity index (χ3v) is 0. The smallest absolute Gasteiger partial charge is 1.00 e. The van der Waals surface area contributed by atoms with Gasteiger partial charge in [0.05, 0.1) is 0 Å². The molecule has 2 nitrogen and oxygen atoms in total. The predicted octanol–water partition coefficient (Wildman–Crippen LogP) is -2.95. The summed E-state index contributed by atoms with van der Waals surface area (Å²) < 4.78 is 0. The van der Waals surface area contributed by atoms with Gasteiger partial charge in [-0.2, -0.15) is 0 Å². The second-order valence-electron chi connectivity index (χ2n) is 0.519. The van der Waals surface area contributed by atoms with Crippen LogP contribution in [0.3, 0.4) is 0 Å². The molecule has 0 atom stereocenters. The molecule has 32 valence electrons. The average Bonchev–Trinajstić information content (AvgIpc) is 0.811. The number of carboxylic acids is 1. The van der Waals surface area contributed by atoms with E-state index in [9.17, 15) is 0 Å². The van der Waals surface area contributed by atoms with Gasteiger partial charge in [0.1, 0.15) is 0 Å². The molecule has 0 saturated carbocycles. The second kappa shape index (κ2) is 15.7. The summed E-state index contributed by atoms with van der Waals surface area (Å²) in [5, 5.41) is 7.42. The van der Waals surface area contributed by atoms with Crippen molar-refractivity contribution in [3.05, 3.63) is 0 Å². The zero-order valence-corrected chi connectivity index (χ0v) is 9.95. The van der Waals surface area contributed by atoms with Gasteiger partial charge in [-0.1, -0.05) is 0 Å². The van der Waals surface area contributed by atoms with Crippen molar-refractivity contribution in [3.8, 4) is 0 Å². The Morgan fingerprint density at radius 1 is 1.71 bits per heavy atom. The fraction of sp³-hybridized carbons (Fsp3) is 0.500. The van der Waals surface area contributed by atoms with Crippen molar-refractivity contribution in [1.29, 1.82) is 0 Å². The molecule has 0 aromatic carbocycles. The van der Waals surface area contributed by atoms with Crippen molar-refractivity contribution < 1.29 is 52.5 Å². The van der Waals surface area contributed by atoms with Crippen LogP contribution < -0.4 is 18.9 Å². The van der Waals surface area contributed by atoms with Gasteiger partial charge in [-0.05, 0) is 0 Å². The van der Waals surface area contributed by atoms with Crippen LogP contribution in [0.4, 0.5) is 0 Å². The average molecular weight is 175 g/mol. The number of carboxylic acid groups (broad SMARTS) is 1. The van der Waals surface area contributed by atoms with E-state index in [0.29, 0.717) is 0 Å². The first-order valence-electron chi connectivity index (χ1n) is 0.928. The van der Waals surface area contributed by atoms with Crippen LogP contribution in [0.1, 0.15) is 11.2 Å². The Labute approximate surface area is 102 Å². The van der Waals surface area contributed by atoms with Gasteiger partial charge in [0.2, 0.25) is 0 Å². The van der Waals surface area contributed by atoms with E-state index in [1.807, 2.05) is 0 Å².